The van der Waals surface area contributed by atoms with E-state index in [9.17, 15) is 24.9 Å². The summed E-state index contributed by atoms with van der Waals surface area (Å²) < 4.78 is 12.6. The number of amides is 2. The second-order valence-corrected chi connectivity index (χ2v) is 11.6. The maximum absolute atomic E-state index is 13.7. The number of rotatable bonds is 10. The molecule has 0 heterocycles. The molecular formula is C28H39IN2O7. The van der Waals surface area contributed by atoms with E-state index in [2.05, 4.69) is 27.9 Å². The molecule has 0 spiro atoms. The number of nitrogens with zero attached hydrogens (tertiary/aromatic N) is 1. The van der Waals surface area contributed by atoms with Crippen LogP contribution in [0.4, 0.5) is 0 Å². The van der Waals surface area contributed by atoms with E-state index in [1.165, 1.54) is 7.11 Å². The zero-order valence-electron chi connectivity index (χ0n) is 21.9. The lowest BCUT2D eigenvalue weighted by Crippen LogP contribution is -2.58. The number of carbonyl (C=O) groups is 2. The first-order valence-corrected chi connectivity index (χ1v) is 14.7. The fourth-order valence-electron chi connectivity index (χ4n) is 5.55. The van der Waals surface area contributed by atoms with E-state index in [0.717, 1.165) is 51.4 Å². The summed E-state index contributed by atoms with van der Waals surface area (Å²) in [5.74, 6) is 0.507. The lowest BCUT2D eigenvalue weighted by Gasteiger charge is -2.44. The Morgan fingerprint density at radius 3 is 2.42 bits per heavy atom. The van der Waals surface area contributed by atoms with Gasteiger partial charge in [0.05, 0.1) is 29.9 Å². The van der Waals surface area contributed by atoms with Crippen LogP contribution in [0.25, 0.3) is 0 Å². The predicted octanol–water partition coefficient (Wildman–Crippen LogP) is 2.67. The molecule has 0 unspecified atom stereocenters. The summed E-state index contributed by atoms with van der Waals surface area (Å²) >= 11 is 2.09. The molecule has 0 bridgehead atoms. The van der Waals surface area contributed by atoms with Crippen molar-refractivity contribution in [1.29, 1.82) is 0 Å². The average Bonchev–Trinajstić information content (AvgIpc) is 3.78. The highest BCUT2D eigenvalue weighted by atomic mass is 127. The number of nitrogens with one attached hydrogen (secondary N) is 1. The number of hydrogen-bond donors (Lipinski definition) is 4. The lowest BCUT2D eigenvalue weighted by atomic mass is 9.86. The van der Waals surface area contributed by atoms with Crippen molar-refractivity contribution in [2.24, 2.45) is 5.92 Å². The van der Waals surface area contributed by atoms with Crippen LogP contribution in [0.15, 0.2) is 23.8 Å². The molecule has 0 aromatic heterocycles. The fourth-order valence-corrected chi connectivity index (χ4v) is 6.35. The summed E-state index contributed by atoms with van der Waals surface area (Å²) in [7, 11) is 1.51. The van der Waals surface area contributed by atoms with Gasteiger partial charge in [-0.1, -0.05) is 25.7 Å². The molecule has 2 fully saturated rings. The molecular weight excluding hydrogens is 603 g/mol. The van der Waals surface area contributed by atoms with Gasteiger partial charge in [-0.2, -0.15) is 0 Å². The summed E-state index contributed by atoms with van der Waals surface area (Å²) in [6.45, 7) is -0.238. The van der Waals surface area contributed by atoms with Gasteiger partial charge >= 0.3 is 0 Å². The summed E-state index contributed by atoms with van der Waals surface area (Å²) in [6, 6.07) is 2.86. The van der Waals surface area contributed by atoms with E-state index in [1.807, 2.05) is 4.90 Å². The molecule has 3 aliphatic rings. The van der Waals surface area contributed by atoms with Crippen molar-refractivity contribution in [2.45, 2.75) is 88.7 Å². The minimum absolute atomic E-state index is 0.0178. The first-order valence-electron chi connectivity index (χ1n) is 13.6. The smallest absolute Gasteiger partial charge is 0.247 e. The minimum Gasteiger partial charge on any atom is -0.493 e. The summed E-state index contributed by atoms with van der Waals surface area (Å²) in [5, 5.41) is 33.3. The zero-order valence-corrected chi connectivity index (χ0v) is 24.1. The molecule has 4 rings (SSSR count). The van der Waals surface area contributed by atoms with E-state index >= 15 is 0 Å². The molecule has 0 radical (unpaired) electrons. The number of hydrogen-bond acceptors (Lipinski definition) is 7. The standard InChI is InChI=1S/C28H39IN2O7/c1-37-24-13-17(16-33)12-21(29)26(24)38-23-15-19(27(35)30-10-11-32)14-22(25(23)34)31(28(36)18-8-9-18)20-6-4-2-3-5-7-20/h12-13,15,18,20,22-23,25,32-34H,2-11,14,16H2,1H3,(H,30,35)/t22-,23+,25+/m1/s1. The molecule has 2 saturated carbocycles. The Morgan fingerprint density at radius 2 is 1.82 bits per heavy atom. The molecule has 1 aromatic rings. The Balaban J connectivity index is 1.70. The maximum Gasteiger partial charge on any atom is 0.247 e. The second kappa shape index (κ2) is 13.5. The number of benzene rings is 1. The van der Waals surface area contributed by atoms with E-state index < -0.39 is 18.2 Å². The molecule has 0 saturated heterocycles. The highest BCUT2D eigenvalue weighted by molar-refractivity contribution is 14.1. The Kier molecular flexibility index (Phi) is 10.3. The van der Waals surface area contributed by atoms with Crippen molar-refractivity contribution < 1.29 is 34.4 Å². The molecule has 3 aliphatic carbocycles. The summed E-state index contributed by atoms with van der Waals surface area (Å²) in [4.78, 5) is 28.6. The highest BCUT2D eigenvalue weighted by Crippen LogP contribution is 2.40. The Hall–Kier alpha value is -1.89. The molecule has 3 atom stereocenters. The van der Waals surface area contributed by atoms with Crippen molar-refractivity contribution in [3.63, 3.8) is 0 Å². The Bertz CT molecular complexity index is 1020. The van der Waals surface area contributed by atoms with Crippen LogP contribution in [0.1, 0.15) is 63.4 Å². The third-order valence-corrected chi connectivity index (χ3v) is 8.50. The first-order chi connectivity index (χ1) is 18.4. The number of methoxy groups -OCH3 is 1. The van der Waals surface area contributed by atoms with Crippen molar-refractivity contribution in [3.8, 4) is 11.5 Å². The molecule has 9 nitrogen and oxygen atoms in total. The van der Waals surface area contributed by atoms with Gasteiger partial charge < -0.3 is 35.0 Å². The Morgan fingerprint density at radius 1 is 1.11 bits per heavy atom. The van der Waals surface area contributed by atoms with Crippen molar-refractivity contribution in [3.05, 3.63) is 32.9 Å². The largest absolute Gasteiger partial charge is 0.493 e. The van der Waals surface area contributed by atoms with Gasteiger partial charge in [0.1, 0.15) is 12.2 Å². The molecule has 38 heavy (non-hydrogen) atoms. The number of halogens is 1. The third kappa shape index (κ3) is 6.81. The molecule has 1 aromatic carbocycles. The van der Waals surface area contributed by atoms with Gasteiger partial charge in [-0.05, 0) is 72.0 Å². The molecule has 0 aliphatic heterocycles. The number of ether oxygens (including phenoxy) is 2. The van der Waals surface area contributed by atoms with Gasteiger partial charge in [-0.15, -0.1) is 0 Å². The van der Waals surface area contributed by atoms with Gasteiger partial charge in [0.15, 0.2) is 11.5 Å². The van der Waals surface area contributed by atoms with Crippen molar-refractivity contribution >= 4 is 34.4 Å². The second-order valence-electron chi connectivity index (χ2n) is 10.4. The number of aliphatic hydroxyl groups excluding tert-OH is 3. The quantitative estimate of drug-likeness (QED) is 0.228. The summed E-state index contributed by atoms with van der Waals surface area (Å²) in [5.41, 5.74) is 1.08. The van der Waals surface area contributed by atoms with E-state index in [1.54, 1.807) is 18.2 Å². The van der Waals surface area contributed by atoms with Gasteiger partial charge in [0, 0.05) is 30.5 Å². The van der Waals surface area contributed by atoms with Crippen LogP contribution < -0.4 is 14.8 Å². The first kappa shape index (κ1) is 29.1. The monoisotopic (exact) mass is 642 g/mol. The number of aliphatic hydroxyl groups is 3. The predicted molar refractivity (Wildman–Crippen MR) is 150 cm³/mol. The van der Waals surface area contributed by atoms with Crippen LogP contribution in [0.2, 0.25) is 0 Å². The van der Waals surface area contributed by atoms with Gasteiger partial charge in [0.2, 0.25) is 11.8 Å². The molecule has 2 amide bonds. The molecule has 210 valence electrons. The zero-order chi connectivity index (χ0) is 27.2. The topological polar surface area (TPSA) is 129 Å². The lowest BCUT2D eigenvalue weighted by molar-refractivity contribution is -0.144. The van der Waals surface area contributed by atoms with Gasteiger partial charge in [-0.3, -0.25) is 9.59 Å². The van der Waals surface area contributed by atoms with Crippen molar-refractivity contribution in [2.75, 3.05) is 20.3 Å². The van der Waals surface area contributed by atoms with Gasteiger partial charge in [0.25, 0.3) is 0 Å². The van der Waals surface area contributed by atoms with E-state index in [0.29, 0.717) is 26.2 Å². The average molecular weight is 643 g/mol. The fraction of sp³-hybridized carbons (Fsp3) is 0.643. The molecule has 10 heteroatoms. The summed E-state index contributed by atoms with van der Waals surface area (Å²) in [6.07, 6.45) is 7.70. The van der Waals surface area contributed by atoms with Crippen LogP contribution in [-0.2, 0) is 16.2 Å². The Labute approximate surface area is 237 Å². The van der Waals surface area contributed by atoms with Crippen LogP contribution in [-0.4, -0.2) is 76.6 Å². The van der Waals surface area contributed by atoms with Crippen molar-refractivity contribution in [1.82, 2.24) is 10.2 Å². The maximum atomic E-state index is 13.7. The van der Waals surface area contributed by atoms with E-state index in [-0.39, 0.29) is 50.0 Å². The normalized spacial score (nSPS) is 24.2. The highest BCUT2D eigenvalue weighted by Gasteiger charge is 2.46. The third-order valence-electron chi connectivity index (χ3n) is 7.70. The van der Waals surface area contributed by atoms with E-state index in [4.69, 9.17) is 9.47 Å². The molecule has 4 N–H and O–H groups in total. The van der Waals surface area contributed by atoms with Crippen LogP contribution >= 0.6 is 22.6 Å². The SMILES string of the molecule is COc1cc(CO)cc(I)c1O[C@H]1C=C(C(=O)NCCO)C[C@@H](N(C(=O)C2CC2)C2CCCCCC2)[C@@H]1O. The van der Waals surface area contributed by atoms with Gasteiger partial charge in [-0.25, -0.2) is 0 Å². The van der Waals surface area contributed by atoms with Crippen LogP contribution in [0, 0.1) is 9.49 Å². The van der Waals surface area contributed by atoms with Crippen LogP contribution in [0.3, 0.4) is 0 Å². The minimum atomic E-state index is -1.06. The number of carbonyl (C=O) groups excluding carboxylic acids is 2. The van der Waals surface area contributed by atoms with Crippen LogP contribution in [0.5, 0.6) is 11.5 Å².